The number of ether oxygens (including phenoxy) is 2. The SMILES string of the molecule is CO.COc1cc2nc(N3CCN(C(=O)c4ccco4)CC3)nc(N)c2cc1OC.Cl. The van der Waals surface area contributed by atoms with Gasteiger partial charge in [-0.15, -0.1) is 12.4 Å². The first kappa shape index (κ1) is 24.0. The van der Waals surface area contributed by atoms with E-state index in [-0.39, 0.29) is 18.3 Å². The predicted octanol–water partition coefficient (Wildman–Crippen LogP) is 1.81. The number of nitrogen functional groups attached to an aromatic ring is 1. The Morgan fingerprint density at radius 1 is 1.10 bits per heavy atom. The van der Waals surface area contributed by atoms with Gasteiger partial charge in [0.25, 0.3) is 5.91 Å². The number of halogens is 1. The molecule has 0 aliphatic carbocycles. The monoisotopic (exact) mass is 451 g/mol. The third kappa shape index (κ3) is 4.92. The third-order valence-corrected chi connectivity index (χ3v) is 4.80. The van der Waals surface area contributed by atoms with Crippen molar-refractivity contribution in [3.63, 3.8) is 0 Å². The Morgan fingerprint density at radius 3 is 2.32 bits per heavy atom. The van der Waals surface area contributed by atoms with Crippen molar-refractivity contribution in [2.45, 2.75) is 0 Å². The van der Waals surface area contributed by atoms with Gasteiger partial charge in [-0.3, -0.25) is 4.79 Å². The van der Waals surface area contributed by atoms with E-state index < -0.39 is 0 Å². The summed E-state index contributed by atoms with van der Waals surface area (Å²) in [4.78, 5) is 25.3. The van der Waals surface area contributed by atoms with Crippen LogP contribution in [0.25, 0.3) is 10.9 Å². The van der Waals surface area contributed by atoms with Crippen molar-refractivity contribution in [1.29, 1.82) is 0 Å². The number of furan rings is 1. The van der Waals surface area contributed by atoms with Gasteiger partial charge in [-0.25, -0.2) is 4.98 Å². The topological polar surface area (TPSA) is 127 Å². The van der Waals surface area contributed by atoms with E-state index in [9.17, 15) is 4.79 Å². The number of hydrogen-bond donors (Lipinski definition) is 2. The highest BCUT2D eigenvalue weighted by Gasteiger charge is 2.25. The molecule has 11 heteroatoms. The molecule has 0 saturated carbocycles. The fraction of sp³-hybridized carbons (Fsp3) is 0.350. The Balaban J connectivity index is 0.00000111. The number of amides is 1. The Kier molecular flexibility index (Phi) is 8.29. The molecule has 1 fully saturated rings. The minimum atomic E-state index is -0.111. The number of carbonyl (C=O) groups excluding carboxylic acids is 1. The van der Waals surface area contributed by atoms with Gasteiger partial charge in [0, 0.05) is 44.7 Å². The van der Waals surface area contributed by atoms with Crippen molar-refractivity contribution in [3.8, 4) is 11.5 Å². The zero-order valence-corrected chi connectivity index (χ0v) is 18.4. The van der Waals surface area contributed by atoms with Crippen LogP contribution in [0.15, 0.2) is 34.9 Å². The van der Waals surface area contributed by atoms with Gasteiger partial charge in [-0.1, -0.05) is 0 Å². The van der Waals surface area contributed by atoms with E-state index in [1.165, 1.54) is 6.26 Å². The summed E-state index contributed by atoms with van der Waals surface area (Å²) in [6.45, 7) is 2.30. The number of benzene rings is 1. The maximum absolute atomic E-state index is 12.4. The van der Waals surface area contributed by atoms with E-state index in [2.05, 4.69) is 9.97 Å². The van der Waals surface area contributed by atoms with Gasteiger partial charge >= 0.3 is 0 Å². The van der Waals surface area contributed by atoms with Crippen LogP contribution >= 0.6 is 12.4 Å². The summed E-state index contributed by atoms with van der Waals surface area (Å²) in [6, 6.07) is 6.93. The number of aromatic nitrogens is 2. The van der Waals surface area contributed by atoms with Gasteiger partial charge in [0.15, 0.2) is 17.3 Å². The number of anilines is 2. The molecule has 1 aliphatic heterocycles. The minimum Gasteiger partial charge on any atom is -0.493 e. The summed E-state index contributed by atoms with van der Waals surface area (Å²) in [5, 5.41) is 7.70. The van der Waals surface area contributed by atoms with Gasteiger partial charge in [0.2, 0.25) is 5.95 Å². The number of carbonyl (C=O) groups is 1. The van der Waals surface area contributed by atoms with Crippen LogP contribution in [-0.2, 0) is 0 Å². The van der Waals surface area contributed by atoms with Gasteiger partial charge in [-0.2, -0.15) is 4.98 Å². The van der Waals surface area contributed by atoms with Crippen LogP contribution in [0.4, 0.5) is 11.8 Å². The Hall–Kier alpha value is -3.24. The lowest BCUT2D eigenvalue weighted by Crippen LogP contribution is -2.49. The van der Waals surface area contributed by atoms with E-state index >= 15 is 0 Å². The van der Waals surface area contributed by atoms with E-state index in [1.54, 1.807) is 43.4 Å². The first-order valence-corrected chi connectivity index (χ1v) is 9.32. The lowest BCUT2D eigenvalue weighted by Gasteiger charge is -2.34. The molecular weight excluding hydrogens is 426 g/mol. The molecule has 1 saturated heterocycles. The second-order valence-corrected chi connectivity index (χ2v) is 6.39. The molecular formula is C20H26ClN5O5. The molecule has 0 atom stereocenters. The van der Waals surface area contributed by atoms with Gasteiger partial charge in [0.1, 0.15) is 5.82 Å². The summed E-state index contributed by atoms with van der Waals surface area (Å²) < 4.78 is 15.9. The van der Waals surface area contributed by atoms with Crippen molar-refractivity contribution in [1.82, 2.24) is 14.9 Å². The quantitative estimate of drug-likeness (QED) is 0.610. The molecule has 1 aromatic carbocycles. The van der Waals surface area contributed by atoms with Crippen LogP contribution in [0.1, 0.15) is 10.6 Å². The number of rotatable bonds is 4. The Labute approximate surface area is 186 Å². The maximum Gasteiger partial charge on any atom is 0.289 e. The highest BCUT2D eigenvalue weighted by Crippen LogP contribution is 2.34. The summed E-state index contributed by atoms with van der Waals surface area (Å²) >= 11 is 0. The summed E-state index contributed by atoms with van der Waals surface area (Å²) in [5.74, 6) is 2.29. The van der Waals surface area contributed by atoms with Crippen LogP contribution < -0.4 is 20.1 Å². The molecule has 1 aliphatic rings. The molecule has 168 valence electrons. The largest absolute Gasteiger partial charge is 0.493 e. The zero-order valence-electron chi connectivity index (χ0n) is 17.6. The van der Waals surface area contributed by atoms with E-state index in [4.69, 9.17) is 24.7 Å². The number of piperazine rings is 1. The van der Waals surface area contributed by atoms with E-state index in [0.29, 0.717) is 66.1 Å². The van der Waals surface area contributed by atoms with Crippen LogP contribution in [0.3, 0.4) is 0 Å². The number of methoxy groups -OCH3 is 2. The average molecular weight is 452 g/mol. The van der Waals surface area contributed by atoms with Crippen LogP contribution in [0, 0.1) is 0 Å². The van der Waals surface area contributed by atoms with Crippen LogP contribution in [0.5, 0.6) is 11.5 Å². The van der Waals surface area contributed by atoms with Crippen LogP contribution in [-0.4, -0.2) is 73.4 Å². The molecule has 3 N–H and O–H groups in total. The smallest absolute Gasteiger partial charge is 0.289 e. The third-order valence-electron chi connectivity index (χ3n) is 4.80. The molecule has 1 amide bonds. The number of nitrogens with zero attached hydrogens (tertiary/aromatic N) is 4. The first-order chi connectivity index (χ1) is 14.6. The maximum atomic E-state index is 12.4. The first-order valence-electron chi connectivity index (χ1n) is 9.32. The molecule has 0 unspecified atom stereocenters. The highest BCUT2D eigenvalue weighted by atomic mass is 35.5. The van der Waals surface area contributed by atoms with Crippen molar-refractivity contribution in [2.24, 2.45) is 0 Å². The molecule has 2 aromatic heterocycles. The van der Waals surface area contributed by atoms with Crippen molar-refractivity contribution >= 4 is 41.0 Å². The Bertz CT molecular complexity index is 1010. The van der Waals surface area contributed by atoms with E-state index in [1.807, 2.05) is 4.90 Å². The molecule has 0 radical (unpaired) electrons. The number of hydrogen-bond acceptors (Lipinski definition) is 9. The molecule has 0 spiro atoms. The number of nitrogens with two attached hydrogens (primary N) is 1. The number of aliphatic hydroxyl groups is 1. The zero-order chi connectivity index (χ0) is 21.7. The number of fused-ring (bicyclic) bond motifs is 1. The fourth-order valence-corrected chi connectivity index (χ4v) is 3.27. The standard InChI is InChI=1S/C19H21N5O4.CH4O.ClH/c1-26-15-10-12-13(11-16(15)27-2)21-19(22-17(12)20)24-7-5-23(6-8-24)18(25)14-4-3-9-28-14;1-2;/h3-4,9-11H,5-8H2,1-2H3,(H2,20,21,22);2H,1H3;1H. The van der Waals surface area contributed by atoms with Crippen molar-refractivity contribution in [2.75, 3.05) is 58.1 Å². The molecule has 31 heavy (non-hydrogen) atoms. The van der Waals surface area contributed by atoms with Crippen molar-refractivity contribution in [3.05, 3.63) is 36.3 Å². The molecule has 3 aromatic rings. The minimum absolute atomic E-state index is 0. The summed E-state index contributed by atoms with van der Waals surface area (Å²) in [6.07, 6.45) is 1.50. The number of aliphatic hydroxyl groups excluding tert-OH is 1. The molecule has 3 heterocycles. The average Bonchev–Trinajstić information content (AvgIpc) is 3.34. The van der Waals surface area contributed by atoms with Gasteiger partial charge < -0.3 is 34.5 Å². The predicted molar refractivity (Wildman–Crippen MR) is 119 cm³/mol. The lowest BCUT2D eigenvalue weighted by atomic mass is 10.2. The summed E-state index contributed by atoms with van der Waals surface area (Å²) in [5.41, 5.74) is 6.84. The van der Waals surface area contributed by atoms with Crippen molar-refractivity contribution < 1.29 is 23.8 Å². The molecule has 10 nitrogen and oxygen atoms in total. The normalized spacial score (nSPS) is 13.2. The van der Waals surface area contributed by atoms with Gasteiger partial charge in [0.05, 0.1) is 26.0 Å². The Morgan fingerprint density at radius 2 is 1.74 bits per heavy atom. The van der Waals surface area contributed by atoms with Crippen LogP contribution in [0.2, 0.25) is 0 Å². The van der Waals surface area contributed by atoms with Gasteiger partial charge in [-0.05, 0) is 18.2 Å². The summed E-state index contributed by atoms with van der Waals surface area (Å²) in [7, 11) is 4.14. The second kappa shape index (κ2) is 10.7. The molecule has 4 rings (SSSR count). The highest BCUT2D eigenvalue weighted by molar-refractivity contribution is 5.92. The van der Waals surface area contributed by atoms with E-state index in [0.717, 1.165) is 7.11 Å². The molecule has 0 bridgehead atoms. The lowest BCUT2D eigenvalue weighted by molar-refractivity contribution is 0.0714. The fourth-order valence-electron chi connectivity index (χ4n) is 3.27. The second-order valence-electron chi connectivity index (χ2n) is 6.39.